The van der Waals surface area contributed by atoms with Crippen LogP contribution in [0.1, 0.15) is 34.6 Å². The third-order valence-corrected chi connectivity index (χ3v) is 13.5. The lowest BCUT2D eigenvalue weighted by molar-refractivity contribution is -0.125. The quantitative estimate of drug-likeness (QED) is 0.0649. The van der Waals surface area contributed by atoms with Crippen LogP contribution in [0.4, 0.5) is 0 Å². The summed E-state index contributed by atoms with van der Waals surface area (Å²) in [6.45, 7) is 11.2. The van der Waals surface area contributed by atoms with E-state index in [-0.39, 0.29) is 119 Å². The number of carbonyl (C=O) groups is 3. The van der Waals surface area contributed by atoms with Gasteiger partial charge in [0.15, 0.2) is 17.9 Å². The first-order chi connectivity index (χ1) is 29.2. The lowest BCUT2D eigenvalue weighted by Gasteiger charge is -2.38. The molecule has 62 heavy (non-hydrogen) atoms. The van der Waals surface area contributed by atoms with Crippen LogP contribution in [0.25, 0.3) is 0 Å². The number of epoxide rings is 2. The van der Waals surface area contributed by atoms with Gasteiger partial charge in [-0.2, -0.15) is 0 Å². The van der Waals surface area contributed by atoms with E-state index in [4.69, 9.17) is 37.8 Å². The van der Waals surface area contributed by atoms with Crippen molar-refractivity contribution < 1.29 is 34.1 Å². The predicted octanol–water partition coefficient (Wildman–Crippen LogP) is -4.82. The fourth-order valence-corrected chi connectivity index (χ4v) is 10.0. The van der Waals surface area contributed by atoms with Crippen molar-refractivity contribution in [2.75, 3.05) is 27.2 Å². The molecule has 3 amide bonds. The van der Waals surface area contributed by atoms with Gasteiger partial charge in [-0.3, -0.25) is 35.7 Å². The number of ether oxygens (including phenoxy) is 2. The number of nitrogens with zero attached hydrogens (tertiary/aromatic N) is 6. The van der Waals surface area contributed by atoms with Crippen LogP contribution in [0, 0.1) is 35.0 Å². The van der Waals surface area contributed by atoms with Gasteiger partial charge < -0.3 is 68.0 Å². The molecular weight excluding hydrogens is 805 g/mol. The number of hydrogen-bond donors (Lipinski definition) is 12. The molecule has 16 N–H and O–H groups in total. The maximum atomic E-state index is 12.2. The predicted molar refractivity (Wildman–Crippen MR) is 226 cm³/mol. The molecule has 8 heterocycles. The van der Waals surface area contributed by atoms with Gasteiger partial charge in [-0.25, -0.2) is 15.0 Å². The minimum Gasteiger partial charge on any atom is -0.390 e. The fraction of sp³-hybridized carbons (Fsp3) is 0.667. The number of hydrogen-bond acceptors (Lipinski definition) is 19. The van der Waals surface area contributed by atoms with Crippen LogP contribution in [0.15, 0.2) is 50.3 Å². The lowest BCUT2D eigenvalue weighted by atomic mass is 9.95. The third-order valence-electron chi connectivity index (χ3n) is 13.5. The van der Waals surface area contributed by atoms with E-state index in [1.54, 1.807) is 6.20 Å². The number of carbonyl (C=O) groups excluding carboxylic acids is 3. The number of nitrogens with one attached hydrogen (secondary N) is 6. The van der Waals surface area contributed by atoms with Gasteiger partial charge in [-0.15, -0.1) is 0 Å². The monoisotopic (exact) mass is 864 g/mol. The lowest BCUT2D eigenvalue weighted by Crippen LogP contribution is -2.54. The van der Waals surface area contributed by atoms with Crippen molar-refractivity contribution in [1.29, 1.82) is 5.41 Å². The zero-order valence-electron chi connectivity index (χ0n) is 35.8. The number of nitrogens with two attached hydrogens (primary N) is 4. The Hall–Kier alpha value is -5.33. The number of amides is 3. The van der Waals surface area contributed by atoms with E-state index < -0.39 is 24.3 Å². The fourth-order valence-electron chi connectivity index (χ4n) is 10.0. The number of rotatable bonds is 7. The van der Waals surface area contributed by atoms with Crippen LogP contribution in [-0.4, -0.2) is 166 Å². The molecule has 16 atom stereocenters. The number of guanidine groups is 3. The summed E-state index contributed by atoms with van der Waals surface area (Å²) in [6, 6.07) is 0.232. The highest BCUT2D eigenvalue weighted by Gasteiger charge is 2.61. The van der Waals surface area contributed by atoms with Gasteiger partial charge in [0, 0.05) is 80.8 Å². The molecule has 4 fully saturated rings. The first-order valence-electron chi connectivity index (χ1n) is 20.9. The number of aliphatic hydroxyl groups is 2. The normalized spacial score (nSPS) is 40.5. The van der Waals surface area contributed by atoms with Crippen molar-refractivity contribution in [3.63, 3.8) is 0 Å². The molecule has 10 aliphatic rings. The summed E-state index contributed by atoms with van der Waals surface area (Å²) in [5.41, 5.74) is 24.6. The number of aliphatic hydroxyl groups excluding tert-OH is 2. The van der Waals surface area contributed by atoms with Crippen LogP contribution < -0.4 is 49.5 Å². The Balaban J connectivity index is 0.000000129. The van der Waals surface area contributed by atoms with Crippen molar-refractivity contribution in [1.82, 2.24) is 41.3 Å². The van der Waals surface area contributed by atoms with E-state index >= 15 is 0 Å². The molecule has 16 unspecified atom stereocenters. The minimum absolute atomic E-state index is 0.0251. The van der Waals surface area contributed by atoms with Gasteiger partial charge in [-0.1, -0.05) is 13.8 Å². The SMILES string of the molecule is CC(C)(C)N1C=C(C(=N)N)C2C(=O)NC(N)=NC21.CC1C(O)C2OC2C1NCC1=CN(C)C2N=C(N)NC(=O)C12.CC1C(O)C2OC2C1NCC1=CN(C)C2N=C(N)NC(=O)C12. The molecule has 8 aliphatic heterocycles. The topological polar surface area (TPSA) is 352 Å². The molecule has 10 rings (SSSR count). The van der Waals surface area contributed by atoms with Gasteiger partial charge in [0.25, 0.3) is 0 Å². The van der Waals surface area contributed by atoms with Crippen molar-refractivity contribution in [2.45, 2.75) is 107 Å². The highest BCUT2D eigenvalue weighted by molar-refractivity contribution is 6.07. The molecule has 0 spiro atoms. The molecule has 0 aromatic rings. The van der Waals surface area contributed by atoms with Crippen LogP contribution in [-0.2, 0) is 23.9 Å². The number of aliphatic imine (C=N–C) groups is 3. The Labute approximate surface area is 359 Å². The summed E-state index contributed by atoms with van der Waals surface area (Å²) in [4.78, 5) is 55.0. The van der Waals surface area contributed by atoms with Crippen LogP contribution in [0.5, 0.6) is 0 Å². The van der Waals surface area contributed by atoms with Crippen LogP contribution in [0.3, 0.4) is 0 Å². The smallest absolute Gasteiger partial charge is 0.238 e. The molecule has 0 radical (unpaired) electrons. The highest BCUT2D eigenvalue weighted by Crippen LogP contribution is 2.44. The second kappa shape index (κ2) is 15.8. The zero-order chi connectivity index (χ0) is 44.8. The first-order valence-corrected chi connectivity index (χ1v) is 20.9. The second-order valence-electron chi connectivity index (χ2n) is 18.6. The Bertz CT molecular complexity index is 1980. The van der Waals surface area contributed by atoms with Crippen molar-refractivity contribution >= 4 is 41.4 Å². The van der Waals surface area contributed by atoms with Gasteiger partial charge in [0.05, 0.1) is 12.2 Å². The summed E-state index contributed by atoms with van der Waals surface area (Å²) in [5, 5.41) is 42.1. The maximum absolute atomic E-state index is 12.2. The second-order valence-corrected chi connectivity index (χ2v) is 18.6. The van der Waals surface area contributed by atoms with E-state index in [0.29, 0.717) is 18.7 Å². The molecule has 2 saturated heterocycles. The van der Waals surface area contributed by atoms with E-state index in [2.05, 4.69) is 41.6 Å². The van der Waals surface area contributed by atoms with Gasteiger partial charge in [0.1, 0.15) is 66.5 Å². The Morgan fingerprint density at radius 1 is 0.710 bits per heavy atom. The standard InChI is InChI=1S/2C14H21N5O3.C11H18N6O/c2*1-5-8(10-11(22-10)9(5)20)16-3-6-4-19(2)12-7(6)13(21)18-14(15)17-12;1-11(2,3)17-4-5(7(12)13)6-8(17)15-10(14)16-9(6)18/h2*4-5,7-12,16,20H,3H2,1-2H3,(H3,15,17,18,21);4,6,8H,1-3H3,(H3,12,13)(H3,14,15,16,18). The molecule has 0 aromatic heterocycles. The summed E-state index contributed by atoms with van der Waals surface area (Å²) < 4.78 is 10.9. The van der Waals surface area contributed by atoms with Crippen LogP contribution >= 0.6 is 0 Å². The average molecular weight is 865 g/mol. The number of fused-ring (bicyclic) bond motifs is 5. The van der Waals surface area contributed by atoms with Gasteiger partial charge >= 0.3 is 0 Å². The Kier molecular flexibility index (Phi) is 11.0. The molecule has 2 saturated carbocycles. The first kappa shape index (κ1) is 43.3. The summed E-state index contributed by atoms with van der Waals surface area (Å²) in [5.74, 6) is -1.06. The number of amidine groups is 1. The van der Waals surface area contributed by atoms with Crippen molar-refractivity contribution in [3.8, 4) is 0 Å². The molecule has 2 aliphatic carbocycles. The Morgan fingerprint density at radius 3 is 1.45 bits per heavy atom. The maximum Gasteiger partial charge on any atom is 0.238 e. The van der Waals surface area contributed by atoms with Gasteiger partial charge in [-0.05, 0) is 31.9 Å². The van der Waals surface area contributed by atoms with Crippen LogP contribution in [0.2, 0.25) is 0 Å². The van der Waals surface area contributed by atoms with E-state index in [0.717, 1.165) is 11.1 Å². The van der Waals surface area contributed by atoms with Gasteiger partial charge in [0.2, 0.25) is 17.7 Å². The zero-order valence-corrected chi connectivity index (χ0v) is 35.8. The largest absolute Gasteiger partial charge is 0.390 e. The molecule has 0 bridgehead atoms. The third kappa shape index (κ3) is 7.74. The average Bonchev–Trinajstić information content (AvgIpc) is 3.99. The highest BCUT2D eigenvalue weighted by atomic mass is 16.6. The molecule has 23 heteroatoms. The summed E-state index contributed by atoms with van der Waals surface area (Å²) >= 11 is 0. The van der Waals surface area contributed by atoms with Crippen molar-refractivity contribution in [3.05, 3.63) is 35.3 Å². The van der Waals surface area contributed by atoms with E-state index in [1.807, 2.05) is 75.8 Å². The van der Waals surface area contributed by atoms with E-state index in [1.165, 1.54) is 0 Å². The minimum atomic E-state index is -0.561. The Morgan fingerprint density at radius 2 is 1.10 bits per heavy atom. The molecule has 338 valence electrons. The molecule has 0 aromatic carbocycles. The van der Waals surface area contributed by atoms with Crippen molar-refractivity contribution in [2.24, 2.45) is 67.5 Å². The molecule has 23 nitrogen and oxygen atoms in total. The molecular formula is C39H60N16O7. The summed E-state index contributed by atoms with van der Waals surface area (Å²) in [6.07, 6.45) is 4.02. The summed E-state index contributed by atoms with van der Waals surface area (Å²) in [7, 11) is 3.78. The van der Waals surface area contributed by atoms with E-state index in [9.17, 15) is 24.6 Å².